The van der Waals surface area contributed by atoms with Gasteiger partial charge in [-0.05, 0) is 68.9 Å². The van der Waals surface area contributed by atoms with E-state index in [0.717, 1.165) is 74.7 Å². The summed E-state index contributed by atoms with van der Waals surface area (Å²) in [5, 5.41) is 10.7. The third kappa shape index (κ3) is 5.07. The Hall–Kier alpha value is -4.53. The number of H-pyrrole nitrogens is 1. The van der Waals surface area contributed by atoms with Gasteiger partial charge >= 0.3 is 0 Å². The number of nitrogens with zero attached hydrogens (tertiary/aromatic N) is 5. The molecule has 2 N–H and O–H groups in total. The van der Waals surface area contributed by atoms with E-state index in [2.05, 4.69) is 37.2 Å². The lowest BCUT2D eigenvalue weighted by Crippen LogP contribution is -2.56. The summed E-state index contributed by atoms with van der Waals surface area (Å²) in [5.41, 5.74) is 2.91. The number of aromatic amines is 1. The smallest absolute Gasteiger partial charge is 0.238 e. The maximum Gasteiger partial charge on any atom is 0.238 e. The maximum atomic E-state index is 15.5. The normalized spacial score (nSPS) is 18.7. The number of rotatable bonds is 5. The minimum absolute atomic E-state index is 0.0361. The number of hydrogen-bond acceptors (Lipinski definition) is 6. The molecule has 0 saturated carbocycles. The monoisotopic (exact) mass is 583 g/mol. The number of likely N-dealkylation sites (N-methyl/N-ethyl adjacent to an activating group) is 1. The number of benzene rings is 3. The highest BCUT2D eigenvalue weighted by molar-refractivity contribution is 6.01. The summed E-state index contributed by atoms with van der Waals surface area (Å²) in [6, 6.07) is 11.6. The number of ether oxygens (including phenoxy) is 1. The summed E-state index contributed by atoms with van der Waals surface area (Å²) in [5.74, 6) is -1.28. The molecule has 0 radical (unpaired) electrons. The minimum atomic E-state index is -0.866. The summed E-state index contributed by atoms with van der Waals surface area (Å²) in [6.45, 7) is 13.0. The van der Waals surface area contributed by atoms with Gasteiger partial charge in [0.2, 0.25) is 5.91 Å². The molecule has 3 aliphatic heterocycles. The van der Waals surface area contributed by atoms with Crippen LogP contribution in [0.25, 0.3) is 38.1 Å². The Bertz CT molecular complexity index is 1750. The van der Waals surface area contributed by atoms with Crippen LogP contribution in [0, 0.1) is 18.2 Å². The predicted octanol–water partition coefficient (Wildman–Crippen LogP) is 5.27. The lowest BCUT2D eigenvalue weighted by atomic mass is 9.97. The van der Waals surface area contributed by atoms with Crippen LogP contribution in [0.3, 0.4) is 0 Å². The van der Waals surface area contributed by atoms with Crippen LogP contribution in [-0.2, 0) is 4.79 Å². The van der Waals surface area contributed by atoms with Gasteiger partial charge in [0.15, 0.2) is 5.69 Å². The second-order valence-corrected chi connectivity index (χ2v) is 11.5. The van der Waals surface area contributed by atoms with E-state index in [1.54, 1.807) is 12.1 Å². The van der Waals surface area contributed by atoms with E-state index >= 15 is 8.78 Å². The van der Waals surface area contributed by atoms with Crippen molar-refractivity contribution in [2.75, 3.05) is 63.1 Å². The number of anilines is 2. The lowest BCUT2D eigenvalue weighted by Gasteiger charge is -2.44. The number of aromatic nitrogens is 2. The fraction of sp³-hybridized carbons (Fsp3) is 0.344. The average Bonchev–Trinajstić information content (AvgIpc) is 3.65. The van der Waals surface area contributed by atoms with Crippen LogP contribution in [0.15, 0.2) is 42.5 Å². The number of nitrogens with one attached hydrogen (secondary N) is 2. The van der Waals surface area contributed by atoms with Crippen molar-refractivity contribution < 1.29 is 18.3 Å². The molecule has 7 rings (SSSR count). The van der Waals surface area contributed by atoms with Crippen molar-refractivity contribution in [1.82, 2.24) is 20.0 Å². The van der Waals surface area contributed by atoms with Crippen molar-refractivity contribution in [3.63, 3.8) is 0 Å². The summed E-state index contributed by atoms with van der Waals surface area (Å²) in [4.78, 5) is 22.7. The number of fused-ring (bicyclic) bond motifs is 4. The molecule has 1 atom stereocenters. The van der Waals surface area contributed by atoms with Crippen molar-refractivity contribution in [3.8, 4) is 28.1 Å². The van der Waals surface area contributed by atoms with Crippen LogP contribution < -0.4 is 15.0 Å². The van der Waals surface area contributed by atoms with E-state index in [0.29, 0.717) is 29.2 Å². The highest BCUT2D eigenvalue weighted by Gasteiger charge is 2.32. The van der Waals surface area contributed by atoms with Gasteiger partial charge in [-0.15, -0.1) is 0 Å². The maximum absolute atomic E-state index is 15.5. The van der Waals surface area contributed by atoms with E-state index in [1.165, 1.54) is 0 Å². The molecule has 220 valence electrons. The molecule has 4 aromatic rings. The van der Waals surface area contributed by atoms with E-state index in [4.69, 9.17) is 11.3 Å². The number of carbonyl (C=O) groups excluding carboxylic acids is 1. The Labute approximate surface area is 247 Å². The first-order chi connectivity index (χ1) is 20.9. The molecular formula is C32H31F2N7O2. The van der Waals surface area contributed by atoms with Crippen molar-refractivity contribution in [2.45, 2.75) is 18.9 Å². The molecule has 43 heavy (non-hydrogen) atoms. The second kappa shape index (κ2) is 10.9. The van der Waals surface area contributed by atoms with E-state index < -0.39 is 11.6 Å². The fourth-order valence-corrected chi connectivity index (χ4v) is 6.48. The molecule has 9 nitrogen and oxygen atoms in total. The summed E-state index contributed by atoms with van der Waals surface area (Å²) in [7, 11) is 2.12. The van der Waals surface area contributed by atoms with Gasteiger partial charge in [-0.3, -0.25) is 14.8 Å². The molecule has 1 unspecified atom stereocenters. The van der Waals surface area contributed by atoms with Gasteiger partial charge in [0.25, 0.3) is 0 Å². The van der Waals surface area contributed by atoms with Crippen LogP contribution in [0.1, 0.15) is 12.8 Å². The number of hydrogen-bond donors (Lipinski definition) is 2. The average molecular weight is 584 g/mol. The molecule has 0 bridgehead atoms. The molecule has 1 aromatic heterocycles. The first-order valence-corrected chi connectivity index (χ1v) is 14.5. The third-order valence-electron chi connectivity index (χ3n) is 8.62. The third-order valence-corrected chi connectivity index (χ3v) is 8.62. The zero-order chi connectivity index (χ0) is 29.7. The Morgan fingerprint density at radius 1 is 1.12 bits per heavy atom. The Kier molecular flexibility index (Phi) is 6.95. The molecule has 4 heterocycles. The highest BCUT2D eigenvalue weighted by atomic mass is 19.1. The van der Waals surface area contributed by atoms with E-state index in [-0.39, 0.29) is 35.0 Å². The molecule has 3 aliphatic rings. The first kappa shape index (κ1) is 27.3. The van der Waals surface area contributed by atoms with Crippen LogP contribution in [0.4, 0.5) is 25.8 Å². The highest BCUT2D eigenvalue weighted by Crippen LogP contribution is 2.42. The number of piperazine rings is 1. The summed E-state index contributed by atoms with van der Waals surface area (Å²) >= 11 is 0. The largest absolute Gasteiger partial charge is 0.489 e. The Morgan fingerprint density at radius 2 is 1.91 bits per heavy atom. The van der Waals surface area contributed by atoms with Crippen LogP contribution in [0.2, 0.25) is 0 Å². The summed E-state index contributed by atoms with van der Waals surface area (Å²) < 4.78 is 37.2. The second-order valence-electron chi connectivity index (χ2n) is 11.5. The van der Waals surface area contributed by atoms with Crippen LogP contribution in [-0.4, -0.2) is 84.9 Å². The fourth-order valence-electron chi connectivity index (χ4n) is 6.48. The Balaban J connectivity index is 1.22. The molecule has 0 aliphatic carbocycles. The van der Waals surface area contributed by atoms with Gasteiger partial charge < -0.3 is 19.9 Å². The molecule has 11 heteroatoms. The van der Waals surface area contributed by atoms with E-state index in [9.17, 15) is 4.79 Å². The molecule has 2 fully saturated rings. The molecule has 2 saturated heterocycles. The number of likely N-dealkylation sites (tertiary alicyclic amines) is 1. The zero-order valence-corrected chi connectivity index (χ0v) is 23.8. The van der Waals surface area contributed by atoms with Gasteiger partial charge in [0, 0.05) is 41.8 Å². The number of carbonyl (C=O) groups is 1. The van der Waals surface area contributed by atoms with E-state index in [1.807, 2.05) is 23.1 Å². The summed E-state index contributed by atoms with van der Waals surface area (Å²) in [6.07, 6.45) is 2.07. The molecule has 0 spiro atoms. The van der Waals surface area contributed by atoms with Gasteiger partial charge in [-0.2, -0.15) is 5.10 Å². The molecule has 3 aromatic carbocycles. The minimum Gasteiger partial charge on any atom is -0.489 e. The zero-order valence-electron chi connectivity index (χ0n) is 23.8. The van der Waals surface area contributed by atoms with Gasteiger partial charge in [0.1, 0.15) is 24.0 Å². The lowest BCUT2D eigenvalue weighted by molar-refractivity contribution is -0.117. The van der Waals surface area contributed by atoms with Crippen molar-refractivity contribution in [3.05, 3.63) is 65.5 Å². The quantitative estimate of drug-likeness (QED) is 0.312. The molecule has 1 amide bonds. The first-order valence-electron chi connectivity index (χ1n) is 14.5. The molecular weight excluding hydrogens is 552 g/mol. The standard InChI is InChI=1S/C32H31F2N7O2/c1-35-26-15-27-23(14-22(26)31-24(33)12-20(13-25(31)34)36-30(42)17-40-7-3-4-8-40)32(38-37-27)19-5-6-28-29(11-19)43-18-21-16-39(2)9-10-41(21)28/h5-6,11-15,21H,3-4,7-10,16-18H2,2H3,(H,36,42)(H,37,38). The van der Waals surface area contributed by atoms with Crippen LogP contribution in [0.5, 0.6) is 5.75 Å². The topological polar surface area (TPSA) is 81.1 Å². The van der Waals surface area contributed by atoms with Gasteiger partial charge in [0.05, 0.1) is 36.1 Å². The van der Waals surface area contributed by atoms with Crippen molar-refractivity contribution in [2.24, 2.45) is 0 Å². The van der Waals surface area contributed by atoms with Crippen molar-refractivity contribution in [1.29, 1.82) is 0 Å². The SMILES string of the molecule is [C-]#[N+]c1cc2[nH]nc(-c3ccc4c(c3)OCC3CN(C)CCN43)c2cc1-c1c(F)cc(NC(=O)CN2CCCC2)cc1F. The van der Waals surface area contributed by atoms with Crippen molar-refractivity contribution >= 4 is 33.9 Å². The van der Waals surface area contributed by atoms with Crippen LogP contribution >= 0.6 is 0 Å². The van der Waals surface area contributed by atoms with Gasteiger partial charge in [-0.1, -0.05) is 12.1 Å². The van der Waals surface area contributed by atoms with Gasteiger partial charge in [-0.25, -0.2) is 13.6 Å². The predicted molar refractivity (Wildman–Crippen MR) is 162 cm³/mol. The number of amides is 1. The number of halogens is 2. The Morgan fingerprint density at radius 3 is 2.67 bits per heavy atom.